The molecule has 2 saturated carbocycles. The Bertz CT molecular complexity index is 998. The van der Waals surface area contributed by atoms with Gasteiger partial charge in [-0.3, -0.25) is 0 Å². The first-order chi connectivity index (χ1) is 14.2. The van der Waals surface area contributed by atoms with Crippen LogP contribution in [0.25, 0.3) is 11.4 Å². The van der Waals surface area contributed by atoms with Crippen LogP contribution in [0, 0.1) is 6.92 Å². The Labute approximate surface area is 170 Å². The van der Waals surface area contributed by atoms with Gasteiger partial charge in [0.1, 0.15) is 11.4 Å². The average molecular weight is 393 g/mol. The lowest BCUT2D eigenvalue weighted by atomic mass is 9.98. The number of nitrogens with zero attached hydrogens (tertiary/aromatic N) is 7. The van der Waals surface area contributed by atoms with Crippen molar-refractivity contribution in [1.29, 1.82) is 0 Å². The zero-order valence-electron chi connectivity index (χ0n) is 17.1. The van der Waals surface area contributed by atoms with Gasteiger partial charge in [-0.05, 0) is 57.6 Å². The maximum Gasteiger partial charge on any atom is 0.140 e. The monoisotopic (exact) mass is 393 g/mol. The van der Waals surface area contributed by atoms with Crippen molar-refractivity contribution in [2.75, 3.05) is 0 Å². The first-order valence-electron chi connectivity index (χ1n) is 10.6. The van der Waals surface area contributed by atoms with Crippen LogP contribution in [-0.2, 0) is 13.6 Å². The third kappa shape index (κ3) is 3.88. The van der Waals surface area contributed by atoms with Gasteiger partial charge in [0.15, 0.2) is 0 Å². The van der Waals surface area contributed by atoms with E-state index < -0.39 is 0 Å². The molecule has 2 aliphatic carbocycles. The molecule has 29 heavy (non-hydrogen) atoms. The van der Waals surface area contributed by atoms with Gasteiger partial charge < -0.3 is 4.74 Å². The molecular weight excluding hydrogens is 366 g/mol. The maximum absolute atomic E-state index is 6.21. The first-order valence-corrected chi connectivity index (χ1v) is 10.6. The number of pyridine rings is 1. The number of aryl methyl sites for hydroxylation is 2. The first kappa shape index (κ1) is 18.3. The van der Waals surface area contributed by atoms with E-state index in [9.17, 15) is 0 Å². The van der Waals surface area contributed by atoms with Crippen LogP contribution in [-0.4, -0.2) is 41.1 Å². The lowest BCUT2D eigenvalue weighted by Crippen LogP contribution is -2.20. The quantitative estimate of drug-likeness (QED) is 0.638. The number of hydrogen-bond donors (Lipinski definition) is 0. The van der Waals surface area contributed by atoms with E-state index in [2.05, 4.69) is 20.6 Å². The van der Waals surface area contributed by atoms with Crippen molar-refractivity contribution in [3.05, 3.63) is 35.4 Å². The van der Waals surface area contributed by atoms with Gasteiger partial charge in [0, 0.05) is 19.2 Å². The predicted octanol–water partition coefficient (Wildman–Crippen LogP) is 3.41. The SMILES string of the molecule is Cc1nc(-c2nnn(C)c2Cn2cc(C3CC3)nn2)ccc1OC1CCCCC1. The number of aromatic nitrogens is 7. The minimum Gasteiger partial charge on any atom is -0.489 e. The molecule has 152 valence electrons. The van der Waals surface area contributed by atoms with Crippen LogP contribution in [0.4, 0.5) is 0 Å². The van der Waals surface area contributed by atoms with Crippen molar-refractivity contribution in [3.8, 4) is 17.1 Å². The minimum absolute atomic E-state index is 0.315. The molecule has 8 heteroatoms. The van der Waals surface area contributed by atoms with Crippen LogP contribution in [0.15, 0.2) is 18.3 Å². The summed E-state index contributed by atoms with van der Waals surface area (Å²) in [7, 11) is 1.90. The molecule has 3 heterocycles. The lowest BCUT2D eigenvalue weighted by molar-refractivity contribution is 0.153. The van der Waals surface area contributed by atoms with E-state index in [-0.39, 0.29) is 0 Å². The summed E-state index contributed by atoms with van der Waals surface area (Å²) >= 11 is 0. The highest BCUT2D eigenvalue weighted by Crippen LogP contribution is 2.38. The summed E-state index contributed by atoms with van der Waals surface area (Å²) in [4.78, 5) is 4.78. The summed E-state index contributed by atoms with van der Waals surface area (Å²) in [6, 6.07) is 4.00. The van der Waals surface area contributed by atoms with Crippen molar-refractivity contribution < 1.29 is 4.74 Å². The van der Waals surface area contributed by atoms with Crippen LogP contribution < -0.4 is 4.74 Å². The van der Waals surface area contributed by atoms with E-state index in [0.717, 1.165) is 47.1 Å². The van der Waals surface area contributed by atoms with Gasteiger partial charge in [-0.1, -0.05) is 16.8 Å². The number of rotatable bonds is 6. The summed E-state index contributed by atoms with van der Waals surface area (Å²) in [6.45, 7) is 2.57. The second kappa shape index (κ2) is 7.57. The summed E-state index contributed by atoms with van der Waals surface area (Å²) in [6.07, 6.45) is 10.9. The molecule has 0 aromatic carbocycles. The third-order valence-electron chi connectivity index (χ3n) is 5.93. The number of ether oxygens (including phenoxy) is 1. The maximum atomic E-state index is 6.21. The molecule has 2 fully saturated rings. The Balaban J connectivity index is 1.36. The molecule has 0 N–H and O–H groups in total. The van der Waals surface area contributed by atoms with Gasteiger partial charge in [0.25, 0.3) is 0 Å². The molecule has 0 aliphatic heterocycles. The Morgan fingerprint density at radius 2 is 1.86 bits per heavy atom. The molecule has 3 aromatic rings. The van der Waals surface area contributed by atoms with Crippen molar-refractivity contribution in [1.82, 2.24) is 35.0 Å². The van der Waals surface area contributed by atoms with Crippen molar-refractivity contribution in [2.24, 2.45) is 7.05 Å². The molecule has 0 saturated heterocycles. The van der Waals surface area contributed by atoms with E-state index in [1.807, 2.05) is 37.0 Å². The molecule has 0 bridgehead atoms. The second-order valence-electron chi connectivity index (χ2n) is 8.28. The van der Waals surface area contributed by atoms with Crippen LogP contribution in [0.2, 0.25) is 0 Å². The fourth-order valence-corrected chi connectivity index (χ4v) is 4.03. The second-order valence-corrected chi connectivity index (χ2v) is 8.28. The Hall–Kier alpha value is -2.77. The summed E-state index contributed by atoms with van der Waals surface area (Å²) in [5, 5.41) is 17.2. The fourth-order valence-electron chi connectivity index (χ4n) is 4.03. The summed E-state index contributed by atoms with van der Waals surface area (Å²) in [5.41, 5.74) is 4.53. The van der Waals surface area contributed by atoms with Crippen LogP contribution in [0.5, 0.6) is 5.75 Å². The normalized spacial score (nSPS) is 17.6. The third-order valence-corrected chi connectivity index (χ3v) is 5.93. The minimum atomic E-state index is 0.315. The molecule has 0 radical (unpaired) electrons. The van der Waals surface area contributed by atoms with Crippen molar-refractivity contribution in [2.45, 2.75) is 70.4 Å². The van der Waals surface area contributed by atoms with Crippen molar-refractivity contribution >= 4 is 0 Å². The van der Waals surface area contributed by atoms with Crippen LogP contribution in [0.3, 0.4) is 0 Å². The van der Waals surface area contributed by atoms with Gasteiger partial charge in [0.2, 0.25) is 0 Å². The van der Waals surface area contributed by atoms with Gasteiger partial charge in [-0.25, -0.2) is 14.3 Å². The Kier molecular flexibility index (Phi) is 4.77. The molecule has 0 atom stereocenters. The molecule has 2 aliphatic rings. The smallest absolute Gasteiger partial charge is 0.140 e. The van der Waals surface area contributed by atoms with E-state index in [1.54, 1.807) is 4.68 Å². The van der Waals surface area contributed by atoms with E-state index in [1.165, 1.54) is 32.1 Å². The van der Waals surface area contributed by atoms with Gasteiger partial charge in [0.05, 0.1) is 35.4 Å². The van der Waals surface area contributed by atoms with E-state index in [0.29, 0.717) is 18.6 Å². The van der Waals surface area contributed by atoms with Crippen molar-refractivity contribution in [3.63, 3.8) is 0 Å². The van der Waals surface area contributed by atoms with Gasteiger partial charge in [-0.2, -0.15) is 0 Å². The highest BCUT2D eigenvalue weighted by Gasteiger charge is 2.27. The molecular formula is C21H27N7O. The Morgan fingerprint density at radius 1 is 1.03 bits per heavy atom. The van der Waals surface area contributed by atoms with Gasteiger partial charge in [-0.15, -0.1) is 10.2 Å². The molecule has 5 rings (SSSR count). The molecule has 8 nitrogen and oxygen atoms in total. The zero-order valence-corrected chi connectivity index (χ0v) is 17.1. The molecule has 0 amide bonds. The molecule has 0 spiro atoms. The summed E-state index contributed by atoms with van der Waals surface area (Å²) in [5.74, 6) is 1.46. The zero-order chi connectivity index (χ0) is 19.8. The fraction of sp³-hybridized carbons (Fsp3) is 0.571. The summed E-state index contributed by atoms with van der Waals surface area (Å²) < 4.78 is 9.87. The largest absolute Gasteiger partial charge is 0.489 e. The average Bonchev–Trinajstić information content (AvgIpc) is 3.38. The van der Waals surface area contributed by atoms with Crippen LogP contribution >= 0.6 is 0 Å². The topological polar surface area (TPSA) is 83.5 Å². The predicted molar refractivity (Wildman–Crippen MR) is 108 cm³/mol. The van der Waals surface area contributed by atoms with E-state index >= 15 is 0 Å². The standard InChI is InChI=1S/C21H27N7O/c1-14-20(29-16-6-4-3-5-7-16)11-10-17(22-14)21-19(27(2)25-24-21)13-28-12-18(23-26-28)15-8-9-15/h10-12,15-16H,3-9,13H2,1-2H3. The molecule has 0 unspecified atom stereocenters. The number of hydrogen-bond acceptors (Lipinski definition) is 6. The van der Waals surface area contributed by atoms with Crippen LogP contribution in [0.1, 0.15) is 67.9 Å². The Morgan fingerprint density at radius 3 is 2.62 bits per heavy atom. The molecule has 3 aromatic heterocycles. The lowest BCUT2D eigenvalue weighted by Gasteiger charge is -2.23. The van der Waals surface area contributed by atoms with Gasteiger partial charge >= 0.3 is 0 Å². The highest BCUT2D eigenvalue weighted by atomic mass is 16.5. The highest BCUT2D eigenvalue weighted by molar-refractivity contribution is 5.58. The van der Waals surface area contributed by atoms with E-state index in [4.69, 9.17) is 9.72 Å².